The van der Waals surface area contributed by atoms with Gasteiger partial charge >= 0.3 is 0 Å². The van der Waals surface area contributed by atoms with Crippen LogP contribution in [-0.2, 0) is 8.37 Å². The van der Waals surface area contributed by atoms with Crippen LogP contribution in [0.3, 0.4) is 0 Å². The van der Waals surface area contributed by atoms with Gasteiger partial charge < -0.3 is 0 Å². The molecule has 0 radical (unpaired) electrons. The van der Waals surface area contributed by atoms with Crippen LogP contribution < -0.4 is 0 Å². The van der Waals surface area contributed by atoms with Crippen molar-refractivity contribution in [2.45, 2.75) is 0 Å². The molecular weight excluding hydrogens is 180 g/mol. The Bertz CT molecular complexity index is 139. The molecule has 0 fully saturated rings. The maximum Gasteiger partial charge on any atom is 0.173 e. The van der Waals surface area contributed by atoms with Gasteiger partial charge in [0.15, 0.2) is 6.79 Å². The standard InChI is InChI=1S/C7H8O2S2/c1-3-5-10-8-7-9-11-6-4-2/h1-2H,5-7H2. The van der Waals surface area contributed by atoms with E-state index in [4.69, 9.17) is 21.2 Å². The van der Waals surface area contributed by atoms with Gasteiger partial charge in [-0.15, -0.1) is 12.8 Å². The molecule has 0 unspecified atom stereocenters. The molecule has 0 heterocycles. The van der Waals surface area contributed by atoms with Crippen LogP contribution in [0, 0.1) is 24.7 Å². The van der Waals surface area contributed by atoms with Gasteiger partial charge in [-0.3, -0.25) is 8.37 Å². The first-order valence-electron chi connectivity index (χ1n) is 2.77. The Morgan fingerprint density at radius 3 is 1.82 bits per heavy atom. The molecule has 0 spiro atoms. The highest BCUT2D eigenvalue weighted by Gasteiger charge is 1.87. The molecule has 60 valence electrons. The topological polar surface area (TPSA) is 18.5 Å². The third-order valence-electron chi connectivity index (χ3n) is 0.547. The number of terminal acetylenes is 2. The molecule has 0 saturated heterocycles. The minimum absolute atomic E-state index is 0.207. The van der Waals surface area contributed by atoms with Gasteiger partial charge in [0.05, 0.1) is 11.5 Å². The first kappa shape index (κ1) is 10.7. The fraction of sp³-hybridized carbons (Fsp3) is 0.429. The van der Waals surface area contributed by atoms with Gasteiger partial charge in [-0.05, 0) is 0 Å². The van der Waals surface area contributed by atoms with Gasteiger partial charge in [0, 0.05) is 24.1 Å². The lowest BCUT2D eigenvalue weighted by atomic mass is 10.8. The Morgan fingerprint density at radius 2 is 1.45 bits per heavy atom. The van der Waals surface area contributed by atoms with E-state index in [9.17, 15) is 0 Å². The molecule has 0 aromatic carbocycles. The third-order valence-corrected chi connectivity index (χ3v) is 1.64. The lowest BCUT2D eigenvalue weighted by Crippen LogP contribution is -1.88. The maximum atomic E-state index is 4.97. The van der Waals surface area contributed by atoms with Crippen LogP contribution in [0.2, 0.25) is 0 Å². The number of hydrogen-bond donors (Lipinski definition) is 0. The molecule has 0 rings (SSSR count). The quantitative estimate of drug-likeness (QED) is 0.272. The van der Waals surface area contributed by atoms with E-state index in [0.29, 0.717) is 11.5 Å². The smallest absolute Gasteiger partial charge is 0.173 e. The van der Waals surface area contributed by atoms with E-state index >= 15 is 0 Å². The van der Waals surface area contributed by atoms with Crippen LogP contribution in [-0.4, -0.2) is 18.3 Å². The van der Waals surface area contributed by atoms with Crippen LogP contribution >= 0.6 is 24.1 Å². The molecule has 0 aromatic rings. The Labute approximate surface area is 75.8 Å². The van der Waals surface area contributed by atoms with E-state index in [1.54, 1.807) is 0 Å². The van der Waals surface area contributed by atoms with E-state index < -0.39 is 0 Å². The second-order valence-electron chi connectivity index (χ2n) is 1.29. The molecule has 0 saturated carbocycles. The fourth-order valence-electron chi connectivity index (χ4n) is 0.239. The highest BCUT2D eigenvalue weighted by Crippen LogP contribution is 2.05. The van der Waals surface area contributed by atoms with Crippen LogP contribution in [0.25, 0.3) is 0 Å². The zero-order valence-corrected chi connectivity index (χ0v) is 7.54. The summed E-state index contributed by atoms with van der Waals surface area (Å²) in [4.78, 5) is 0. The third kappa shape index (κ3) is 9.74. The Hall–Kier alpha value is -0.260. The Balaban J connectivity index is 2.82. The fourth-order valence-corrected chi connectivity index (χ4v) is 0.835. The summed E-state index contributed by atoms with van der Waals surface area (Å²) in [7, 11) is 0. The van der Waals surface area contributed by atoms with E-state index in [2.05, 4.69) is 11.8 Å². The maximum absolute atomic E-state index is 4.97. The number of hydrogen-bond acceptors (Lipinski definition) is 4. The summed E-state index contributed by atoms with van der Waals surface area (Å²) in [6.45, 7) is 0.207. The Morgan fingerprint density at radius 1 is 1.00 bits per heavy atom. The molecule has 11 heavy (non-hydrogen) atoms. The minimum Gasteiger partial charge on any atom is -0.285 e. The van der Waals surface area contributed by atoms with Crippen molar-refractivity contribution in [2.24, 2.45) is 0 Å². The molecule has 0 atom stereocenters. The molecule has 0 aliphatic rings. The summed E-state index contributed by atoms with van der Waals surface area (Å²) in [6.07, 6.45) is 9.94. The molecular formula is C7H8O2S2. The van der Waals surface area contributed by atoms with E-state index in [1.807, 2.05) is 0 Å². The van der Waals surface area contributed by atoms with Crippen molar-refractivity contribution in [3.05, 3.63) is 0 Å². The van der Waals surface area contributed by atoms with Crippen LogP contribution in [0.4, 0.5) is 0 Å². The van der Waals surface area contributed by atoms with Gasteiger partial charge in [0.1, 0.15) is 0 Å². The molecule has 0 bridgehead atoms. The number of rotatable bonds is 6. The Kier molecular flexibility index (Phi) is 9.51. The predicted octanol–water partition coefficient (Wildman–Crippen LogP) is 1.54. The van der Waals surface area contributed by atoms with Crippen molar-refractivity contribution < 1.29 is 8.37 Å². The van der Waals surface area contributed by atoms with Crippen molar-refractivity contribution >= 4 is 24.1 Å². The van der Waals surface area contributed by atoms with Crippen LogP contribution in [0.5, 0.6) is 0 Å². The average molecular weight is 188 g/mol. The van der Waals surface area contributed by atoms with Crippen molar-refractivity contribution in [1.82, 2.24) is 0 Å². The summed E-state index contributed by atoms with van der Waals surface area (Å²) in [5.41, 5.74) is 0. The van der Waals surface area contributed by atoms with Crippen molar-refractivity contribution in [3.8, 4) is 24.7 Å². The molecule has 4 heteroatoms. The van der Waals surface area contributed by atoms with Crippen molar-refractivity contribution in [2.75, 3.05) is 18.3 Å². The average Bonchev–Trinajstić information content (AvgIpc) is 2.03. The molecule has 0 aromatic heterocycles. The SMILES string of the molecule is C#CCSOCOSCC#C. The second-order valence-corrected chi connectivity index (χ2v) is 2.81. The van der Waals surface area contributed by atoms with Crippen LogP contribution in [0.15, 0.2) is 0 Å². The summed E-state index contributed by atoms with van der Waals surface area (Å²) in [5, 5.41) is 0. The summed E-state index contributed by atoms with van der Waals surface area (Å²) >= 11 is 2.37. The predicted molar refractivity (Wildman–Crippen MR) is 49.6 cm³/mol. The molecule has 0 aliphatic carbocycles. The largest absolute Gasteiger partial charge is 0.285 e. The first-order valence-corrected chi connectivity index (χ1v) is 4.59. The highest BCUT2D eigenvalue weighted by molar-refractivity contribution is 7.95. The van der Waals surface area contributed by atoms with E-state index in [-0.39, 0.29) is 6.79 Å². The van der Waals surface area contributed by atoms with Gasteiger partial charge in [0.25, 0.3) is 0 Å². The summed E-state index contributed by atoms with van der Waals surface area (Å²) < 4.78 is 9.77. The second kappa shape index (κ2) is 9.74. The molecule has 0 N–H and O–H groups in total. The van der Waals surface area contributed by atoms with Crippen LogP contribution in [0.1, 0.15) is 0 Å². The molecule has 0 aliphatic heterocycles. The summed E-state index contributed by atoms with van der Waals surface area (Å²) in [6, 6.07) is 0. The highest BCUT2D eigenvalue weighted by atomic mass is 32.2. The van der Waals surface area contributed by atoms with Crippen molar-refractivity contribution in [1.29, 1.82) is 0 Å². The van der Waals surface area contributed by atoms with Gasteiger partial charge in [-0.2, -0.15) is 0 Å². The monoisotopic (exact) mass is 188 g/mol. The summed E-state index contributed by atoms with van der Waals surface area (Å²) in [5.74, 6) is 5.89. The molecule has 2 nitrogen and oxygen atoms in total. The normalized spacial score (nSPS) is 8.55. The first-order chi connectivity index (χ1) is 5.41. The lowest BCUT2D eigenvalue weighted by Gasteiger charge is -1.98. The van der Waals surface area contributed by atoms with E-state index in [1.165, 1.54) is 24.1 Å². The van der Waals surface area contributed by atoms with Crippen molar-refractivity contribution in [3.63, 3.8) is 0 Å². The van der Waals surface area contributed by atoms with Gasteiger partial charge in [-0.25, -0.2) is 0 Å². The lowest BCUT2D eigenvalue weighted by molar-refractivity contribution is 0.169. The van der Waals surface area contributed by atoms with Gasteiger partial charge in [0.2, 0.25) is 0 Å². The zero-order valence-electron chi connectivity index (χ0n) is 5.91. The molecule has 0 amide bonds. The van der Waals surface area contributed by atoms with Gasteiger partial charge in [-0.1, -0.05) is 11.8 Å². The minimum atomic E-state index is 0.207. The van der Waals surface area contributed by atoms with E-state index in [0.717, 1.165) is 0 Å². The zero-order chi connectivity index (χ0) is 8.36.